The Kier molecular flexibility index (Phi) is 3.60. The third-order valence-electron chi connectivity index (χ3n) is 2.59. The topological polar surface area (TPSA) is 35.5 Å². The van der Waals surface area contributed by atoms with E-state index in [1.165, 1.54) is 5.20 Å². The molecule has 0 aromatic carbocycles. The van der Waals surface area contributed by atoms with Gasteiger partial charge in [0, 0.05) is 6.42 Å². The maximum atomic E-state index is 11.5. The van der Waals surface area contributed by atoms with Crippen LogP contribution in [0.5, 0.6) is 0 Å². The monoisotopic (exact) mass is 228 g/mol. The lowest BCUT2D eigenvalue weighted by molar-refractivity contribution is -0.152. The fourth-order valence-corrected chi connectivity index (χ4v) is 3.77. The van der Waals surface area contributed by atoms with Gasteiger partial charge < -0.3 is 9.47 Å². The van der Waals surface area contributed by atoms with Crippen LogP contribution in [0.25, 0.3) is 0 Å². The van der Waals surface area contributed by atoms with Crippen molar-refractivity contribution < 1.29 is 14.3 Å². The number of hydrogen-bond donors (Lipinski definition) is 0. The maximum absolute atomic E-state index is 11.5. The largest absolute Gasteiger partial charge is 0.483 e. The van der Waals surface area contributed by atoms with Gasteiger partial charge in [0.1, 0.15) is 0 Å². The number of allylic oxidation sites excluding steroid dienone is 1. The standard InChI is InChI=1S/C11H20O3Si/c1-6-13-11(12)9-7-10(8(2)14-9)15(3,4)5/h9H,6-7H2,1-5H3/t9-/m1/s1. The highest BCUT2D eigenvalue weighted by Gasteiger charge is 2.36. The first-order valence-electron chi connectivity index (χ1n) is 5.39. The lowest BCUT2D eigenvalue weighted by Crippen LogP contribution is -2.27. The van der Waals surface area contributed by atoms with Crippen molar-refractivity contribution in [3.8, 4) is 0 Å². The number of carbonyl (C=O) groups excluding carboxylic acids is 1. The van der Waals surface area contributed by atoms with Crippen molar-refractivity contribution in [3.63, 3.8) is 0 Å². The summed E-state index contributed by atoms with van der Waals surface area (Å²) in [5.74, 6) is 0.706. The zero-order chi connectivity index (χ0) is 11.6. The fourth-order valence-electron chi connectivity index (χ4n) is 1.86. The molecule has 0 aromatic rings. The van der Waals surface area contributed by atoms with Crippen LogP contribution in [0, 0.1) is 0 Å². The van der Waals surface area contributed by atoms with E-state index in [9.17, 15) is 4.79 Å². The average Bonchev–Trinajstić information content (AvgIpc) is 2.47. The van der Waals surface area contributed by atoms with Crippen molar-refractivity contribution in [2.75, 3.05) is 6.61 Å². The molecule has 0 amide bonds. The van der Waals surface area contributed by atoms with Crippen LogP contribution < -0.4 is 0 Å². The van der Waals surface area contributed by atoms with Crippen LogP contribution in [0.3, 0.4) is 0 Å². The predicted octanol–water partition coefficient (Wildman–Crippen LogP) is 2.49. The molecule has 86 valence electrons. The van der Waals surface area contributed by atoms with Gasteiger partial charge in [-0.15, -0.1) is 0 Å². The van der Waals surface area contributed by atoms with E-state index in [4.69, 9.17) is 9.47 Å². The van der Waals surface area contributed by atoms with E-state index in [-0.39, 0.29) is 5.97 Å². The molecule has 0 N–H and O–H groups in total. The number of ether oxygens (including phenoxy) is 2. The Morgan fingerprint density at radius 1 is 1.53 bits per heavy atom. The molecule has 1 aliphatic rings. The van der Waals surface area contributed by atoms with Crippen LogP contribution in [-0.4, -0.2) is 26.8 Å². The fraction of sp³-hybridized carbons (Fsp3) is 0.727. The first kappa shape index (κ1) is 12.3. The van der Waals surface area contributed by atoms with E-state index < -0.39 is 14.2 Å². The molecule has 1 atom stereocenters. The van der Waals surface area contributed by atoms with Crippen molar-refractivity contribution in [2.24, 2.45) is 0 Å². The number of carbonyl (C=O) groups is 1. The van der Waals surface area contributed by atoms with Crippen LogP contribution >= 0.6 is 0 Å². The molecule has 0 aromatic heterocycles. The summed E-state index contributed by atoms with van der Waals surface area (Å²) in [6, 6.07) is 0. The molecule has 0 bridgehead atoms. The summed E-state index contributed by atoms with van der Waals surface area (Å²) >= 11 is 0. The molecule has 3 nitrogen and oxygen atoms in total. The van der Waals surface area contributed by atoms with Crippen LogP contribution in [0.2, 0.25) is 19.6 Å². The van der Waals surface area contributed by atoms with E-state index >= 15 is 0 Å². The Hall–Kier alpha value is -0.773. The first-order valence-corrected chi connectivity index (χ1v) is 8.89. The number of esters is 1. The van der Waals surface area contributed by atoms with Gasteiger partial charge in [-0.2, -0.15) is 0 Å². The van der Waals surface area contributed by atoms with E-state index in [0.29, 0.717) is 6.61 Å². The minimum atomic E-state index is -1.35. The molecule has 15 heavy (non-hydrogen) atoms. The molecule has 0 saturated carbocycles. The highest BCUT2D eigenvalue weighted by atomic mass is 28.3. The molecular formula is C11H20O3Si. The highest BCUT2D eigenvalue weighted by Crippen LogP contribution is 2.32. The molecule has 0 fully saturated rings. The third kappa shape index (κ3) is 2.84. The molecule has 0 spiro atoms. The van der Waals surface area contributed by atoms with Gasteiger partial charge in [0.05, 0.1) is 20.4 Å². The lowest BCUT2D eigenvalue weighted by Gasteiger charge is -2.17. The SMILES string of the molecule is CCOC(=O)[C@H]1CC([Si](C)(C)C)=C(C)O1. The van der Waals surface area contributed by atoms with Gasteiger partial charge in [-0.3, -0.25) is 0 Å². The van der Waals surface area contributed by atoms with E-state index in [1.54, 1.807) is 0 Å². The summed E-state index contributed by atoms with van der Waals surface area (Å²) in [6.45, 7) is 11.0. The zero-order valence-electron chi connectivity index (χ0n) is 10.2. The molecule has 1 aliphatic heterocycles. The summed E-state index contributed by atoms with van der Waals surface area (Å²) in [4.78, 5) is 11.5. The first-order chi connectivity index (χ1) is 6.86. The van der Waals surface area contributed by atoms with Crippen molar-refractivity contribution in [1.29, 1.82) is 0 Å². The van der Waals surface area contributed by atoms with Crippen LogP contribution in [0.15, 0.2) is 11.0 Å². The van der Waals surface area contributed by atoms with Crippen LogP contribution in [0.4, 0.5) is 0 Å². The van der Waals surface area contributed by atoms with Crippen LogP contribution in [0.1, 0.15) is 20.3 Å². The van der Waals surface area contributed by atoms with Crippen molar-refractivity contribution >= 4 is 14.0 Å². The van der Waals surface area contributed by atoms with E-state index in [0.717, 1.165) is 12.2 Å². The molecular weight excluding hydrogens is 208 g/mol. The van der Waals surface area contributed by atoms with E-state index in [1.807, 2.05) is 13.8 Å². The van der Waals surface area contributed by atoms with Gasteiger partial charge in [-0.05, 0) is 19.0 Å². The Morgan fingerprint density at radius 3 is 2.53 bits per heavy atom. The quantitative estimate of drug-likeness (QED) is 0.550. The second-order valence-corrected chi connectivity index (χ2v) is 9.95. The minimum absolute atomic E-state index is 0.231. The highest BCUT2D eigenvalue weighted by molar-refractivity contribution is 6.83. The zero-order valence-corrected chi connectivity index (χ0v) is 11.2. The normalized spacial score (nSPS) is 21.5. The smallest absolute Gasteiger partial charge is 0.347 e. The third-order valence-corrected chi connectivity index (χ3v) is 4.96. The maximum Gasteiger partial charge on any atom is 0.347 e. The van der Waals surface area contributed by atoms with Crippen molar-refractivity contribution in [1.82, 2.24) is 0 Å². The summed E-state index contributed by atoms with van der Waals surface area (Å²) in [7, 11) is -1.35. The van der Waals surface area contributed by atoms with Crippen LogP contribution in [-0.2, 0) is 14.3 Å². The van der Waals surface area contributed by atoms with E-state index in [2.05, 4.69) is 19.6 Å². The second-order valence-electron chi connectivity index (χ2n) is 4.85. The van der Waals surface area contributed by atoms with Gasteiger partial charge in [0.25, 0.3) is 0 Å². The Bertz CT molecular complexity index is 289. The van der Waals surface area contributed by atoms with Gasteiger partial charge >= 0.3 is 5.97 Å². The molecule has 0 aliphatic carbocycles. The Balaban J connectivity index is 2.67. The summed E-state index contributed by atoms with van der Waals surface area (Å²) in [6.07, 6.45) is 0.326. The van der Waals surface area contributed by atoms with Gasteiger partial charge in [0.2, 0.25) is 0 Å². The lowest BCUT2D eigenvalue weighted by atomic mass is 10.2. The van der Waals surface area contributed by atoms with Gasteiger partial charge in [0.15, 0.2) is 6.10 Å². The molecule has 0 radical (unpaired) electrons. The predicted molar refractivity (Wildman–Crippen MR) is 62.2 cm³/mol. The van der Waals surface area contributed by atoms with Gasteiger partial charge in [-0.25, -0.2) is 4.79 Å². The Morgan fingerprint density at radius 2 is 2.13 bits per heavy atom. The van der Waals surface area contributed by atoms with Crippen molar-refractivity contribution in [2.45, 2.75) is 46.0 Å². The van der Waals surface area contributed by atoms with Gasteiger partial charge in [-0.1, -0.05) is 19.6 Å². The average molecular weight is 228 g/mol. The molecule has 1 rings (SSSR count). The summed E-state index contributed by atoms with van der Waals surface area (Å²) in [5.41, 5.74) is 0. The molecule has 0 saturated heterocycles. The summed E-state index contributed by atoms with van der Waals surface area (Å²) < 4.78 is 10.5. The minimum Gasteiger partial charge on any atom is -0.483 e. The Labute approximate surface area is 92.5 Å². The number of rotatable bonds is 3. The molecule has 4 heteroatoms. The summed E-state index contributed by atoms with van der Waals surface area (Å²) in [5, 5.41) is 1.35. The number of hydrogen-bond acceptors (Lipinski definition) is 3. The second kappa shape index (κ2) is 4.39. The van der Waals surface area contributed by atoms with Crippen molar-refractivity contribution in [3.05, 3.63) is 11.0 Å². The molecule has 1 heterocycles. The molecule has 0 unspecified atom stereocenters.